The molecule has 2 N–H and O–H groups in total. The van der Waals surface area contributed by atoms with E-state index in [0.29, 0.717) is 18.5 Å². The lowest BCUT2D eigenvalue weighted by molar-refractivity contribution is -0.131. The molecule has 1 aliphatic rings. The Balaban J connectivity index is 1.94. The predicted octanol–water partition coefficient (Wildman–Crippen LogP) is 1.90. The van der Waals surface area contributed by atoms with E-state index in [0.717, 1.165) is 11.8 Å². The van der Waals surface area contributed by atoms with Gasteiger partial charge in [0.05, 0.1) is 11.9 Å². The van der Waals surface area contributed by atoms with Crippen LogP contribution >= 0.6 is 11.8 Å². The van der Waals surface area contributed by atoms with E-state index in [4.69, 9.17) is 5.73 Å². The van der Waals surface area contributed by atoms with E-state index in [-0.39, 0.29) is 24.3 Å². The molecule has 0 aliphatic carbocycles. The van der Waals surface area contributed by atoms with E-state index >= 15 is 0 Å². The molecule has 1 atom stereocenters. The molecule has 0 bridgehead atoms. The maximum absolute atomic E-state index is 13.4. The van der Waals surface area contributed by atoms with Crippen molar-refractivity contribution >= 4 is 17.7 Å². The highest BCUT2D eigenvalue weighted by Crippen LogP contribution is 2.18. The number of carbonyl (C=O) groups is 1. The second-order valence-corrected chi connectivity index (χ2v) is 5.72. The molecule has 3 nitrogen and oxygen atoms in total. The normalized spacial score (nSPS) is 16.5. The van der Waals surface area contributed by atoms with Crippen LogP contribution < -0.4 is 5.73 Å². The topological polar surface area (TPSA) is 46.3 Å². The first kappa shape index (κ1) is 15.2. The fraction of sp³-hybridized carbons (Fsp3) is 0.462. The molecular weight excluding hydrogens is 289 g/mol. The van der Waals surface area contributed by atoms with Crippen LogP contribution in [0.25, 0.3) is 0 Å². The van der Waals surface area contributed by atoms with Crippen LogP contribution in [-0.2, 0) is 11.2 Å². The van der Waals surface area contributed by atoms with Gasteiger partial charge in [-0.2, -0.15) is 0 Å². The Kier molecular flexibility index (Phi) is 4.93. The molecule has 0 spiro atoms. The molecule has 110 valence electrons. The number of halogens is 3. The van der Waals surface area contributed by atoms with E-state index < -0.39 is 23.5 Å². The van der Waals surface area contributed by atoms with Crippen molar-refractivity contribution in [1.29, 1.82) is 0 Å². The van der Waals surface area contributed by atoms with Gasteiger partial charge in [-0.05, 0) is 24.5 Å². The molecule has 0 aromatic heterocycles. The number of aryl methyl sites for hydroxylation is 1. The largest absolute Gasteiger partial charge is 0.331 e. The van der Waals surface area contributed by atoms with Gasteiger partial charge in [-0.3, -0.25) is 4.79 Å². The summed E-state index contributed by atoms with van der Waals surface area (Å²) in [5.41, 5.74) is 5.80. The fourth-order valence-corrected chi connectivity index (χ4v) is 2.97. The SMILES string of the molecule is N[C@H](CCc1cc(F)c(F)cc1F)C(=O)N1CCSC1. The van der Waals surface area contributed by atoms with Gasteiger partial charge in [-0.1, -0.05) is 0 Å². The van der Waals surface area contributed by atoms with E-state index in [2.05, 4.69) is 0 Å². The second-order valence-electron chi connectivity index (χ2n) is 4.64. The van der Waals surface area contributed by atoms with E-state index in [1.807, 2.05) is 0 Å². The summed E-state index contributed by atoms with van der Waals surface area (Å²) < 4.78 is 39.3. The average Bonchev–Trinajstić information content (AvgIpc) is 2.94. The number of amides is 1. The van der Waals surface area contributed by atoms with Crippen LogP contribution in [0.3, 0.4) is 0 Å². The highest BCUT2D eigenvalue weighted by Gasteiger charge is 2.24. The molecular formula is C13H15F3N2OS. The zero-order valence-electron chi connectivity index (χ0n) is 10.7. The third kappa shape index (κ3) is 3.46. The van der Waals surface area contributed by atoms with Crippen LogP contribution in [0.4, 0.5) is 13.2 Å². The van der Waals surface area contributed by atoms with Gasteiger partial charge in [0.1, 0.15) is 5.82 Å². The summed E-state index contributed by atoms with van der Waals surface area (Å²) in [5, 5.41) is 0. The lowest BCUT2D eigenvalue weighted by Gasteiger charge is -2.19. The Bertz CT molecular complexity index is 507. The van der Waals surface area contributed by atoms with Crippen LogP contribution in [0.1, 0.15) is 12.0 Å². The Morgan fingerprint density at radius 1 is 1.30 bits per heavy atom. The van der Waals surface area contributed by atoms with Gasteiger partial charge >= 0.3 is 0 Å². The molecule has 1 saturated heterocycles. The number of rotatable bonds is 4. The van der Waals surface area contributed by atoms with Gasteiger partial charge in [0, 0.05) is 18.4 Å². The quantitative estimate of drug-likeness (QED) is 0.864. The summed E-state index contributed by atoms with van der Waals surface area (Å²) in [6.45, 7) is 0.663. The fourth-order valence-electron chi connectivity index (χ4n) is 2.01. The predicted molar refractivity (Wildman–Crippen MR) is 71.7 cm³/mol. The number of thioether (sulfide) groups is 1. The minimum absolute atomic E-state index is 0.0305. The zero-order valence-corrected chi connectivity index (χ0v) is 11.6. The lowest BCUT2D eigenvalue weighted by Crippen LogP contribution is -2.42. The zero-order chi connectivity index (χ0) is 14.7. The van der Waals surface area contributed by atoms with E-state index in [9.17, 15) is 18.0 Å². The van der Waals surface area contributed by atoms with Crippen LogP contribution in [-0.4, -0.2) is 35.0 Å². The molecule has 1 aromatic rings. The van der Waals surface area contributed by atoms with Gasteiger partial charge in [-0.15, -0.1) is 11.8 Å². The third-order valence-electron chi connectivity index (χ3n) is 3.20. The van der Waals surface area contributed by atoms with Crippen LogP contribution in [0.15, 0.2) is 12.1 Å². The summed E-state index contributed by atoms with van der Waals surface area (Å²) in [6, 6.07) is 0.573. The number of hydrogen-bond donors (Lipinski definition) is 1. The first-order valence-electron chi connectivity index (χ1n) is 6.24. The van der Waals surface area contributed by atoms with Crippen molar-refractivity contribution in [2.24, 2.45) is 5.73 Å². The Morgan fingerprint density at radius 2 is 2.00 bits per heavy atom. The summed E-state index contributed by atoms with van der Waals surface area (Å²) >= 11 is 1.65. The number of benzene rings is 1. The minimum atomic E-state index is -1.22. The summed E-state index contributed by atoms with van der Waals surface area (Å²) in [4.78, 5) is 13.6. The Labute approximate surface area is 119 Å². The molecule has 1 fully saturated rings. The van der Waals surface area contributed by atoms with Crippen molar-refractivity contribution < 1.29 is 18.0 Å². The molecule has 2 rings (SSSR count). The van der Waals surface area contributed by atoms with Crippen molar-refractivity contribution in [1.82, 2.24) is 4.90 Å². The van der Waals surface area contributed by atoms with Crippen molar-refractivity contribution in [2.75, 3.05) is 18.2 Å². The van der Waals surface area contributed by atoms with Gasteiger partial charge < -0.3 is 10.6 Å². The summed E-state index contributed by atoms with van der Waals surface area (Å²) in [6.07, 6.45) is 0.291. The Morgan fingerprint density at radius 3 is 2.65 bits per heavy atom. The monoisotopic (exact) mass is 304 g/mol. The molecule has 7 heteroatoms. The lowest BCUT2D eigenvalue weighted by atomic mass is 10.0. The highest BCUT2D eigenvalue weighted by molar-refractivity contribution is 7.99. The molecule has 0 unspecified atom stereocenters. The average molecular weight is 304 g/mol. The van der Waals surface area contributed by atoms with Gasteiger partial charge in [0.15, 0.2) is 11.6 Å². The number of carbonyl (C=O) groups excluding carboxylic acids is 1. The van der Waals surface area contributed by atoms with Crippen molar-refractivity contribution in [3.05, 3.63) is 35.1 Å². The van der Waals surface area contributed by atoms with Crippen molar-refractivity contribution in [3.8, 4) is 0 Å². The van der Waals surface area contributed by atoms with Gasteiger partial charge in [0.25, 0.3) is 0 Å². The highest BCUT2D eigenvalue weighted by atomic mass is 32.2. The third-order valence-corrected chi connectivity index (χ3v) is 4.16. The van der Waals surface area contributed by atoms with Crippen LogP contribution in [0.5, 0.6) is 0 Å². The second kappa shape index (κ2) is 6.49. The van der Waals surface area contributed by atoms with Crippen molar-refractivity contribution in [3.63, 3.8) is 0 Å². The molecule has 1 heterocycles. The standard InChI is InChI=1S/C13H15F3N2OS/c14-9-6-11(16)10(15)5-8(9)1-2-12(17)13(19)18-3-4-20-7-18/h5-6,12H,1-4,7,17H2/t12-/m1/s1. The molecule has 0 saturated carbocycles. The molecule has 1 amide bonds. The number of nitrogens with zero attached hydrogens (tertiary/aromatic N) is 1. The van der Waals surface area contributed by atoms with Crippen molar-refractivity contribution in [2.45, 2.75) is 18.9 Å². The first-order valence-corrected chi connectivity index (χ1v) is 7.40. The smallest absolute Gasteiger partial charge is 0.240 e. The van der Waals surface area contributed by atoms with Gasteiger partial charge in [0.2, 0.25) is 5.91 Å². The van der Waals surface area contributed by atoms with Gasteiger partial charge in [-0.25, -0.2) is 13.2 Å². The Hall–Kier alpha value is -1.21. The molecule has 1 aliphatic heterocycles. The van der Waals surface area contributed by atoms with Crippen LogP contribution in [0, 0.1) is 17.5 Å². The number of nitrogens with two attached hydrogens (primary N) is 1. The van der Waals surface area contributed by atoms with E-state index in [1.165, 1.54) is 0 Å². The summed E-state index contributed by atoms with van der Waals surface area (Å²) in [7, 11) is 0. The first-order chi connectivity index (χ1) is 9.49. The minimum Gasteiger partial charge on any atom is -0.331 e. The summed E-state index contributed by atoms with van der Waals surface area (Å²) in [5.74, 6) is -1.82. The van der Waals surface area contributed by atoms with Crippen LogP contribution in [0.2, 0.25) is 0 Å². The maximum Gasteiger partial charge on any atom is 0.240 e. The molecule has 0 radical (unpaired) electrons. The maximum atomic E-state index is 13.4. The van der Waals surface area contributed by atoms with E-state index in [1.54, 1.807) is 16.7 Å². The molecule has 1 aromatic carbocycles. The number of hydrogen-bond acceptors (Lipinski definition) is 3. The molecule has 20 heavy (non-hydrogen) atoms.